The van der Waals surface area contributed by atoms with Gasteiger partial charge in [0.15, 0.2) is 5.96 Å². The maximum Gasteiger partial charge on any atom is 0.511 e. The van der Waals surface area contributed by atoms with E-state index in [1.165, 1.54) is 0 Å². The first-order valence-electron chi connectivity index (χ1n) is 10.3. The van der Waals surface area contributed by atoms with Crippen molar-refractivity contribution in [2.45, 2.75) is 51.1 Å². The van der Waals surface area contributed by atoms with Gasteiger partial charge in [-0.2, -0.15) is 17.5 Å². The highest BCUT2D eigenvalue weighted by Crippen LogP contribution is 2.30. The number of guanidine groups is 1. The SMILES string of the molecule is CN=C(NCC1CCN(S(=O)(=O)C(F)(F)F)CC1)NC1CCN(CC(C)C)CC1.I. The maximum absolute atomic E-state index is 12.7. The third kappa shape index (κ3) is 7.97. The van der Waals surface area contributed by atoms with Gasteiger partial charge in [-0.25, -0.2) is 8.42 Å². The van der Waals surface area contributed by atoms with E-state index in [0.717, 1.165) is 32.5 Å². The van der Waals surface area contributed by atoms with Crippen LogP contribution in [-0.2, 0) is 10.0 Å². The van der Waals surface area contributed by atoms with Crippen LogP contribution in [0.3, 0.4) is 0 Å². The van der Waals surface area contributed by atoms with Crippen molar-refractivity contribution in [3.63, 3.8) is 0 Å². The highest BCUT2D eigenvalue weighted by atomic mass is 127. The zero-order valence-electron chi connectivity index (χ0n) is 17.9. The van der Waals surface area contributed by atoms with Crippen LogP contribution in [0.25, 0.3) is 0 Å². The fourth-order valence-electron chi connectivity index (χ4n) is 3.91. The zero-order chi connectivity index (χ0) is 21.7. The minimum Gasteiger partial charge on any atom is -0.356 e. The molecule has 0 bridgehead atoms. The summed E-state index contributed by atoms with van der Waals surface area (Å²) in [6.45, 7) is 8.02. The number of hydrogen-bond donors (Lipinski definition) is 2. The van der Waals surface area contributed by atoms with Crippen LogP contribution < -0.4 is 10.6 Å². The number of nitrogens with zero attached hydrogens (tertiary/aromatic N) is 3. The van der Waals surface area contributed by atoms with Crippen molar-refractivity contribution in [3.05, 3.63) is 0 Å². The first-order chi connectivity index (χ1) is 13.5. The van der Waals surface area contributed by atoms with Crippen LogP contribution in [0, 0.1) is 11.8 Å². The summed E-state index contributed by atoms with van der Waals surface area (Å²) in [4.78, 5) is 6.72. The molecule has 0 spiro atoms. The van der Waals surface area contributed by atoms with E-state index in [1.807, 2.05) is 0 Å². The Morgan fingerprint density at radius 3 is 2.13 bits per heavy atom. The van der Waals surface area contributed by atoms with Gasteiger partial charge in [0.1, 0.15) is 0 Å². The van der Waals surface area contributed by atoms with Crippen molar-refractivity contribution in [1.82, 2.24) is 19.8 Å². The highest BCUT2D eigenvalue weighted by Gasteiger charge is 2.50. The largest absolute Gasteiger partial charge is 0.511 e. The Hall–Kier alpha value is -0.340. The fraction of sp³-hybridized carbons (Fsp3) is 0.944. The summed E-state index contributed by atoms with van der Waals surface area (Å²) < 4.78 is 61.5. The quantitative estimate of drug-likeness (QED) is 0.292. The molecule has 7 nitrogen and oxygen atoms in total. The molecule has 2 fully saturated rings. The smallest absolute Gasteiger partial charge is 0.356 e. The molecule has 0 aromatic rings. The number of nitrogens with one attached hydrogen (secondary N) is 2. The van der Waals surface area contributed by atoms with Crippen molar-refractivity contribution < 1.29 is 21.6 Å². The number of aliphatic imine (C=N–C) groups is 1. The van der Waals surface area contributed by atoms with Crippen LogP contribution in [0.1, 0.15) is 39.5 Å². The van der Waals surface area contributed by atoms with Gasteiger partial charge in [0.2, 0.25) is 0 Å². The minimum atomic E-state index is -5.23. The maximum atomic E-state index is 12.7. The predicted molar refractivity (Wildman–Crippen MR) is 123 cm³/mol. The second-order valence-corrected chi connectivity index (χ2v) is 10.3. The standard InChI is InChI=1S/C18H34F3N5O2S.HI/c1-14(2)13-25-8-6-16(7-9-25)24-17(22-3)23-12-15-4-10-26(11-5-15)29(27,28)18(19,20)21;/h14-16H,4-13H2,1-3H3,(H2,22,23,24);1H. The van der Waals surface area contributed by atoms with Gasteiger partial charge in [-0.3, -0.25) is 4.99 Å². The first kappa shape index (κ1) is 27.7. The highest BCUT2D eigenvalue weighted by molar-refractivity contribution is 14.0. The van der Waals surface area contributed by atoms with Crippen LogP contribution in [0.2, 0.25) is 0 Å². The molecule has 2 rings (SSSR count). The summed E-state index contributed by atoms with van der Waals surface area (Å²) in [5.74, 6) is 1.46. The molecule has 2 N–H and O–H groups in total. The molecule has 178 valence electrons. The number of alkyl halides is 3. The first-order valence-corrected chi connectivity index (χ1v) is 11.7. The van der Waals surface area contributed by atoms with Gasteiger partial charge in [-0.05, 0) is 37.5 Å². The Bertz CT molecular complexity index is 645. The third-order valence-electron chi connectivity index (χ3n) is 5.54. The second kappa shape index (κ2) is 12.0. The van der Waals surface area contributed by atoms with Crippen LogP contribution in [-0.4, -0.2) is 81.4 Å². The van der Waals surface area contributed by atoms with E-state index in [1.54, 1.807) is 7.05 Å². The number of hydrogen-bond acceptors (Lipinski definition) is 4. The Morgan fingerprint density at radius 1 is 1.10 bits per heavy atom. The Kier molecular flexibility index (Phi) is 11.1. The lowest BCUT2D eigenvalue weighted by Crippen LogP contribution is -2.50. The van der Waals surface area contributed by atoms with Gasteiger partial charge < -0.3 is 15.5 Å². The third-order valence-corrected chi connectivity index (χ3v) is 7.17. The predicted octanol–water partition coefficient (Wildman–Crippen LogP) is 2.45. The lowest BCUT2D eigenvalue weighted by molar-refractivity contribution is -0.0496. The number of halogens is 4. The molecule has 0 atom stereocenters. The molecule has 30 heavy (non-hydrogen) atoms. The Labute approximate surface area is 195 Å². The molecule has 0 aliphatic carbocycles. The van der Waals surface area contributed by atoms with Crippen LogP contribution >= 0.6 is 24.0 Å². The van der Waals surface area contributed by atoms with Crippen LogP contribution in [0.4, 0.5) is 13.2 Å². The van der Waals surface area contributed by atoms with E-state index in [9.17, 15) is 21.6 Å². The average molecular weight is 569 g/mol. The second-order valence-electron chi connectivity index (χ2n) is 8.36. The summed E-state index contributed by atoms with van der Waals surface area (Å²) in [5, 5.41) is 6.68. The molecule has 0 amide bonds. The van der Waals surface area contributed by atoms with Crippen molar-refractivity contribution in [2.24, 2.45) is 16.8 Å². The molecule has 0 aromatic heterocycles. The molecule has 2 heterocycles. The molecule has 0 radical (unpaired) electrons. The lowest BCUT2D eigenvalue weighted by Gasteiger charge is -2.34. The van der Waals surface area contributed by atoms with E-state index in [-0.39, 0.29) is 43.0 Å². The molecule has 2 aliphatic heterocycles. The zero-order valence-corrected chi connectivity index (χ0v) is 21.1. The molecule has 2 saturated heterocycles. The number of sulfonamides is 1. The van der Waals surface area contributed by atoms with Gasteiger partial charge in [0.25, 0.3) is 0 Å². The van der Waals surface area contributed by atoms with Crippen molar-refractivity contribution >= 4 is 40.0 Å². The summed E-state index contributed by atoms with van der Waals surface area (Å²) in [7, 11) is -3.52. The number of piperidine rings is 2. The molecular formula is C18H35F3IN5O2S. The molecule has 0 unspecified atom stereocenters. The van der Waals surface area contributed by atoms with Crippen molar-refractivity contribution in [3.8, 4) is 0 Å². The minimum absolute atomic E-state index is 0. The van der Waals surface area contributed by atoms with Gasteiger partial charge in [-0.1, -0.05) is 13.8 Å². The fourth-order valence-corrected chi connectivity index (χ4v) is 4.89. The van der Waals surface area contributed by atoms with E-state index in [0.29, 0.717) is 41.6 Å². The van der Waals surface area contributed by atoms with Crippen LogP contribution in [0.5, 0.6) is 0 Å². The van der Waals surface area contributed by atoms with Crippen molar-refractivity contribution in [2.75, 3.05) is 46.3 Å². The van der Waals surface area contributed by atoms with Crippen LogP contribution in [0.15, 0.2) is 4.99 Å². The van der Waals surface area contributed by atoms with Gasteiger partial charge in [-0.15, -0.1) is 24.0 Å². The topological polar surface area (TPSA) is 77.0 Å². The molecular weight excluding hydrogens is 534 g/mol. The average Bonchev–Trinajstić information content (AvgIpc) is 2.65. The van der Waals surface area contributed by atoms with E-state index < -0.39 is 15.5 Å². The molecule has 0 saturated carbocycles. The normalized spacial score (nSPS) is 21.5. The molecule has 12 heteroatoms. The summed E-state index contributed by atoms with van der Waals surface area (Å²) in [6, 6.07) is 0.350. The Balaban J connectivity index is 0.00000450. The van der Waals surface area contributed by atoms with Gasteiger partial charge in [0.05, 0.1) is 0 Å². The molecule has 2 aliphatic rings. The summed E-state index contributed by atoms with van der Waals surface area (Å²) in [5.41, 5.74) is -5.23. The number of rotatable bonds is 6. The lowest BCUT2D eigenvalue weighted by atomic mass is 9.98. The van der Waals surface area contributed by atoms with E-state index >= 15 is 0 Å². The van der Waals surface area contributed by atoms with Gasteiger partial charge in [0, 0.05) is 52.4 Å². The summed E-state index contributed by atoms with van der Waals surface area (Å²) >= 11 is 0. The van der Waals surface area contributed by atoms with Gasteiger partial charge >= 0.3 is 15.5 Å². The van der Waals surface area contributed by atoms with Crippen molar-refractivity contribution in [1.29, 1.82) is 0 Å². The van der Waals surface area contributed by atoms with E-state index in [4.69, 9.17) is 0 Å². The monoisotopic (exact) mass is 569 g/mol. The molecule has 0 aromatic carbocycles. The van der Waals surface area contributed by atoms with E-state index in [2.05, 4.69) is 34.4 Å². The summed E-state index contributed by atoms with van der Waals surface area (Å²) in [6.07, 6.45) is 2.88. The number of likely N-dealkylation sites (tertiary alicyclic amines) is 1. The Morgan fingerprint density at radius 2 is 1.67 bits per heavy atom.